The molecule has 0 saturated carbocycles. The van der Waals surface area contributed by atoms with Gasteiger partial charge in [0.1, 0.15) is 5.75 Å². The van der Waals surface area contributed by atoms with Crippen LogP contribution < -0.4 is 4.74 Å². The van der Waals surface area contributed by atoms with Gasteiger partial charge in [0.25, 0.3) is 5.91 Å². The molecule has 2 amide bonds. The zero-order valence-electron chi connectivity index (χ0n) is 19.3. The highest BCUT2D eigenvalue weighted by Gasteiger charge is 2.22. The molecule has 0 saturated heterocycles. The lowest BCUT2D eigenvalue weighted by atomic mass is 10.2. The minimum Gasteiger partial charge on any atom is -0.484 e. The Balaban J connectivity index is 2.03. The van der Waals surface area contributed by atoms with Crippen molar-refractivity contribution in [3.63, 3.8) is 0 Å². The van der Waals surface area contributed by atoms with Gasteiger partial charge in [-0.2, -0.15) is 0 Å². The highest BCUT2D eigenvalue weighted by Crippen LogP contribution is 2.15. The standard InChI is InChI=1S/C24H34ClN3O4/c1-4-5-14-27(17-21-8-6-13-26(21)2)23(29)18-28(15-7-16-31-3)24(30)19-32-22-11-9-20(25)10-12-22/h6,8-13H,4-5,7,14-19H2,1-3H3. The van der Waals surface area contributed by atoms with Crippen LogP contribution in [0.15, 0.2) is 42.6 Å². The fraction of sp³-hybridized carbons (Fsp3) is 0.500. The fourth-order valence-corrected chi connectivity index (χ4v) is 3.35. The van der Waals surface area contributed by atoms with Gasteiger partial charge in [0.2, 0.25) is 5.91 Å². The van der Waals surface area contributed by atoms with E-state index in [0.29, 0.717) is 43.4 Å². The minimum absolute atomic E-state index is 0.0145. The number of carbonyl (C=O) groups excluding carboxylic acids is 2. The molecule has 8 heteroatoms. The molecular formula is C24H34ClN3O4. The lowest BCUT2D eigenvalue weighted by molar-refractivity contribution is -0.142. The number of unbranched alkanes of at least 4 members (excludes halogenated alkanes) is 1. The van der Waals surface area contributed by atoms with Gasteiger partial charge in [-0.15, -0.1) is 0 Å². The predicted molar refractivity (Wildman–Crippen MR) is 126 cm³/mol. The third kappa shape index (κ3) is 8.55. The van der Waals surface area contributed by atoms with Crippen LogP contribution in [0.3, 0.4) is 0 Å². The maximum absolute atomic E-state index is 13.2. The van der Waals surface area contributed by atoms with E-state index in [-0.39, 0.29) is 25.0 Å². The predicted octanol–water partition coefficient (Wildman–Crippen LogP) is 3.75. The van der Waals surface area contributed by atoms with Crippen LogP contribution in [0, 0.1) is 0 Å². The van der Waals surface area contributed by atoms with Gasteiger partial charge in [-0.1, -0.05) is 24.9 Å². The second-order valence-corrected chi connectivity index (χ2v) is 8.12. The van der Waals surface area contributed by atoms with Crippen molar-refractivity contribution in [2.24, 2.45) is 7.05 Å². The van der Waals surface area contributed by atoms with Crippen LogP contribution in [0.4, 0.5) is 0 Å². The first kappa shape index (κ1) is 25.7. The molecule has 32 heavy (non-hydrogen) atoms. The second kappa shape index (κ2) is 13.8. The quantitative estimate of drug-likeness (QED) is 0.400. The Kier molecular flexibility index (Phi) is 11.1. The number of hydrogen-bond donors (Lipinski definition) is 0. The van der Waals surface area contributed by atoms with E-state index in [2.05, 4.69) is 6.92 Å². The molecule has 1 aromatic heterocycles. The molecule has 0 N–H and O–H groups in total. The first-order valence-corrected chi connectivity index (χ1v) is 11.4. The number of benzene rings is 1. The summed E-state index contributed by atoms with van der Waals surface area (Å²) < 4.78 is 12.7. The molecule has 0 aliphatic heterocycles. The van der Waals surface area contributed by atoms with Crippen molar-refractivity contribution in [3.8, 4) is 5.75 Å². The van der Waals surface area contributed by atoms with Crippen molar-refractivity contribution < 1.29 is 19.1 Å². The Morgan fingerprint density at radius 3 is 2.38 bits per heavy atom. The molecule has 0 fully saturated rings. The molecule has 2 aromatic rings. The summed E-state index contributed by atoms with van der Waals surface area (Å²) in [6, 6.07) is 10.8. The van der Waals surface area contributed by atoms with Crippen LogP contribution in [0.2, 0.25) is 5.02 Å². The van der Waals surface area contributed by atoms with Gasteiger partial charge < -0.3 is 23.8 Å². The lowest BCUT2D eigenvalue weighted by Crippen LogP contribution is -2.45. The normalized spacial score (nSPS) is 10.8. The summed E-state index contributed by atoms with van der Waals surface area (Å²) in [6.07, 6.45) is 4.51. The Morgan fingerprint density at radius 2 is 1.75 bits per heavy atom. The molecule has 1 aromatic carbocycles. The summed E-state index contributed by atoms with van der Waals surface area (Å²) in [5.74, 6) is 0.245. The van der Waals surface area contributed by atoms with Gasteiger partial charge in [-0.05, 0) is 49.2 Å². The lowest BCUT2D eigenvalue weighted by Gasteiger charge is -2.28. The largest absolute Gasteiger partial charge is 0.484 e. The molecule has 0 bridgehead atoms. The number of nitrogens with zero attached hydrogens (tertiary/aromatic N) is 3. The van der Waals surface area contributed by atoms with Gasteiger partial charge in [0.15, 0.2) is 6.61 Å². The van der Waals surface area contributed by atoms with E-state index < -0.39 is 0 Å². The molecular weight excluding hydrogens is 430 g/mol. The Labute approximate surface area is 195 Å². The van der Waals surface area contributed by atoms with Crippen molar-refractivity contribution in [2.45, 2.75) is 32.7 Å². The third-order valence-corrected chi connectivity index (χ3v) is 5.42. The van der Waals surface area contributed by atoms with Crippen molar-refractivity contribution >= 4 is 23.4 Å². The molecule has 1 heterocycles. The number of aromatic nitrogens is 1. The Hall–Kier alpha value is -2.51. The number of hydrogen-bond acceptors (Lipinski definition) is 4. The number of carbonyl (C=O) groups is 2. The second-order valence-electron chi connectivity index (χ2n) is 7.68. The first-order chi connectivity index (χ1) is 15.4. The van der Waals surface area contributed by atoms with E-state index in [1.165, 1.54) is 0 Å². The summed E-state index contributed by atoms with van der Waals surface area (Å²) in [5.41, 5.74) is 1.05. The highest BCUT2D eigenvalue weighted by atomic mass is 35.5. The van der Waals surface area contributed by atoms with Gasteiger partial charge >= 0.3 is 0 Å². The van der Waals surface area contributed by atoms with E-state index in [1.807, 2.05) is 34.8 Å². The number of ether oxygens (including phenoxy) is 2. The maximum atomic E-state index is 13.2. The molecule has 176 valence electrons. The topological polar surface area (TPSA) is 64.0 Å². The monoisotopic (exact) mass is 463 g/mol. The molecule has 0 aliphatic carbocycles. The molecule has 0 aliphatic rings. The van der Waals surface area contributed by atoms with Crippen molar-refractivity contribution in [1.29, 1.82) is 0 Å². The van der Waals surface area contributed by atoms with Gasteiger partial charge in [-0.25, -0.2) is 0 Å². The van der Waals surface area contributed by atoms with E-state index in [0.717, 1.165) is 18.5 Å². The van der Waals surface area contributed by atoms with E-state index in [4.69, 9.17) is 21.1 Å². The Bertz CT molecular complexity index is 838. The van der Waals surface area contributed by atoms with Crippen LogP contribution in [0.1, 0.15) is 31.9 Å². The molecule has 0 spiro atoms. The zero-order chi connectivity index (χ0) is 23.3. The fourth-order valence-electron chi connectivity index (χ4n) is 3.22. The molecule has 2 rings (SSSR count). The smallest absolute Gasteiger partial charge is 0.260 e. The number of methoxy groups -OCH3 is 1. The number of rotatable bonds is 14. The molecule has 0 radical (unpaired) electrons. The van der Waals surface area contributed by atoms with Crippen LogP contribution in [0.25, 0.3) is 0 Å². The van der Waals surface area contributed by atoms with Crippen LogP contribution in [0.5, 0.6) is 5.75 Å². The maximum Gasteiger partial charge on any atom is 0.260 e. The minimum atomic E-state index is -0.237. The van der Waals surface area contributed by atoms with Crippen molar-refractivity contribution in [1.82, 2.24) is 14.4 Å². The van der Waals surface area contributed by atoms with Gasteiger partial charge in [0, 0.05) is 50.8 Å². The number of aryl methyl sites for hydroxylation is 1. The number of halogens is 1. The summed E-state index contributed by atoms with van der Waals surface area (Å²) in [7, 11) is 3.58. The molecule has 7 nitrogen and oxygen atoms in total. The molecule has 0 unspecified atom stereocenters. The van der Waals surface area contributed by atoms with E-state index in [1.54, 1.807) is 36.3 Å². The Morgan fingerprint density at radius 1 is 1.03 bits per heavy atom. The number of amides is 2. The van der Waals surface area contributed by atoms with Crippen LogP contribution >= 0.6 is 11.6 Å². The third-order valence-electron chi connectivity index (χ3n) is 5.17. The van der Waals surface area contributed by atoms with Crippen molar-refractivity contribution in [2.75, 3.05) is 40.0 Å². The first-order valence-electron chi connectivity index (χ1n) is 11.0. The average molecular weight is 464 g/mol. The summed E-state index contributed by atoms with van der Waals surface area (Å²) in [6.45, 7) is 4.08. The van der Waals surface area contributed by atoms with Gasteiger partial charge in [-0.3, -0.25) is 9.59 Å². The molecule has 0 atom stereocenters. The van der Waals surface area contributed by atoms with Crippen molar-refractivity contribution in [3.05, 3.63) is 53.3 Å². The van der Waals surface area contributed by atoms with E-state index >= 15 is 0 Å². The van der Waals surface area contributed by atoms with Gasteiger partial charge in [0.05, 0.1) is 13.1 Å². The summed E-state index contributed by atoms with van der Waals surface area (Å²) >= 11 is 5.89. The van der Waals surface area contributed by atoms with Crippen LogP contribution in [-0.2, 0) is 27.9 Å². The zero-order valence-corrected chi connectivity index (χ0v) is 20.0. The highest BCUT2D eigenvalue weighted by molar-refractivity contribution is 6.30. The van der Waals surface area contributed by atoms with Crippen LogP contribution in [-0.4, -0.2) is 66.1 Å². The van der Waals surface area contributed by atoms with E-state index in [9.17, 15) is 9.59 Å². The summed E-state index contributed by atoms with van der Waals surface area (Å²) in [5, 5.41) is 0.598. The average Bonchev–Trinajstić information content (AvgIpc) is 3.19. The SMILES string of the molecule is CCCCN(Cc1cccn1C)C(=O)CN(CCCOC)C(=O)COc1ccc(Cl)cc1. The summed E-state index contributed by atoms with van der Waals surface area (Å²) in [4.78, 5) is 29.4.